The fraction of sp³-hybridized carbons (Fsp3) is 0.150. The largest absolute Gasteiger partial charge is 0.465 e. The first-order valence-corrected chi connectivity index (χ1v) is 11.8. The number of sulfonamides is 1. The van der Waals surface area contributed by atoms with Crippen LogP contribution in [0.2, 0.25) is 0 Å². The molecule has 146 valence electrons. The number of benzene rings is 2. The molecule has 0 unspecified atom stereocenters. The molecular weight excluding hydrogens is 414 g/mol. The van der Waals surface area contributed by atoms with Crippen molar-refractivity contribution in [2.75, 3.05) is 17.6 Å². The molecule has 0 atom stereocenters. The first kappa shape index (κ1) is 20.4. The van der Waals surface area contributed by atoms with Crippen molar-refractivity contribution in [3.63, 3.8) is 0 Å². The average molecular weight is 434 g/mol. The van der Waals surface area contributed by atoms with E-state index in [-0.39, 0.29) is 15.5 Å². The SMILES string of the molecule is COC(=O)c1cc(SCCc2ccccc2)ccc1NS(=O)(=O)c1cccs1. The lowest BCUT2D eigenvalue weighted by Gasteiger charge is -2.12. The van der Waals surface area contributed by atoms with Crippen LogP contribution >= 0.6 is 23.1 Å². The predicted molar refractivity (Wildman–Crippen MR) is 114 cm³/mol. The number of thiophene rings is 1. The van der Waals surface area contributed by atoms with Gasteiger partial charge in [-0.25, -0.2) is 13.2 Å². The second kappa shape index (κ2) is 9.27. The highest BCUT2D eigenvalue weighted by atomic mass is 32.2. The van der Waals surface area contributed by atoms with Crippen molar-refractivity contribution in [1.29, 1.82) is 0 Å². The molecule has 5 nitrogen and oxygen atoms in total. The molecule has 0 aliphatic heterocycles. The highest BCUT2D eigenvalue weighted by Crippen LogP contribution is 2.28. The van der Waals surface area contributed by atoms with E-state index in [0.29, 0.717) is 0 Å². The van der Waals surface area contributed by atoms with E-state index in [4.69, 9.17) is 4.74 Å². The van der Waals surface area contributed by atoms with Crippen molar-refractivity contribution in [3.8, 4) is 0 Å². The molecule has 0 saturated heterocycles. The maximum Gasteiger partial charge on any atom is 0.340 e. The Morgan fingerprint density at radius 1 is 1.11 bits per heavy atom. The van der Waals surface area contributed by atoms with E-state index >= 15 is 0 Å². The summed E-state index contributed by atoms with van der Waals surface area (Å²) in [4.78, 5) is 13.1. The smallest absolute Gasteiger partial charge is 0.340 e. The van der Waals surface area contributed by atoms with Gasteiger partial charge in [-0.15, -0.1) is 23.1 Å². The van der Waals surface area contributed by atoms with E-state index in [9.17, 15) is 13.2 Å². The standard InChI is InChI=1S/C20H19NO4S3/c1-25-20(22)17-14-16(26-13-11-15-6-3-2-4-7-15)9-10-18(17)21-28(23,24)19-8-5-12-27-19/h2-10,12,14,21H,11,13H2,1H3. The number of thioether (sulfide) groups is 1. The number of aryl methyl sites for hydroxylation is 1. The number of nitrogens with one attached hydrogen (secondary N) is 1. The number of anilines is 1. The van der Waals surface area contributed by atoms with Gasteiger partial charge in [0.15, 0.2) is 0 Å². The molecule has 28 heavy (non-hydrogen) atoms. The number of rotatable bonds is 8. The van der Waals surface area contributed by atoms with Gasteiger partial charge in [0.05, 0.1) is 18.4 Å². The van der Waals surface area contributed by atoms with Crippen molar-refractivity contribution in [3.05, 3.63) is 77.2 Å². The molecule has 1 heterocycles. The Bertz CT molecular complexity index is 1030. The summed E-state index contributed by atoms with van der Waals surface area (Å²) in [6.07, 6.45) is 0.895. The third-order valence-corrected chi connectivity index (χ3v) is 7.66. The maximum atomic E-state index is 12.5. The Morgan fingerprint density at radius 3 is 2.57 bits per heavy atom. The number of esters is 1. The topological polar surface area (TPSA) is 72.5 Å². The molecule has 0 spiro atoms. The summed E-state index contributed by atoms with van der Waals surface area (Å²) < 4.78 is 32.5. The summed E-state index contributed by atoms with van der Waals surface area (Å²) >= 11 is 2.71. The van der Waals surface area contributed by atoms with Crippen LogP contribution in [0.4, 0.5) is 5.69 Å². The number of ether oxygens (including phenoxy) is 1. The zero-order valence-electron chi connectivity index (χ0n) is 15.1. The minimum absolute atomic E-state index is 0.185. The second-order valence-electron chi connectivity index (χ2n) is 5.82. The first-order valence-electron chi connectivity index (χ1n) is 8.45. The Balaban J connectivity index is 1.77. The van der Waals surface area contributed by atoms with Crippen LogP contribution in [0.5, 0.6) is 0 Å². The second-order valence-corrected chi connectivity index (χ2v) is 9.85. The zero-order valence-corrected chi connectivity index (χ0v) is 17.6. The fourth-order valence-corrected chi connectivity index (χ4v) is 5.54. The molecule has 0 saturated carbocycles. The molecule has 3 rings (SSSR count). The molecule has 0 radical (unpaired) electrons. The molecular formula is C20H19NO4S3. The van der Waals surface area contributed by atoms with Crippen molar-refractivity contribution >= 4 is 44.8 Å². The lowest BCUT2D eigenvalue weighted by atomic mass is 10.2. The highest BCUT2D eigenvalue weighted by molar-refractivity contribution is 7.99. The summed E-state index contributed by atoms with van der Waals surface area (Å²) in [5.41, 5.74) is 1.63. The lowest BCUT2D eigenvalue weighted by molar-refractivity contribution is 0.0601. The summed E-state index contributed by atoms with van der Waals surface area (Å²) in [5.74, 6) is 0.250. The van der Waals surface area contributed by atoms with Crippen molar-refractivity contribution in [2.45, 2.75) is 15.5 Å². The first-order chi connectivity index (χ1) is 13.5. The minimum Gasteiger partial charge on any atom is -0.465 e. The van der Waals surface area contributed by atoms with E-state index in [0.717, 1.165) is 28.4 Å². The van der Waals surface area contributed by atoms with Gasteiger partial charge in [-0.1, -0.05) is 36.4 Å². The minimum atomic E-state index is -3.75. The van der Waals surface area contributed by atoms with Gasteiger partial charge in [-0.3, -0.25) is 4.72 Å². The molecule has 0 fully saturated rings. The van der Waals surface area contributed by atoms with E-state index in [1.165, 1.54) is 18.7 Å². The van der Waals surface area contributed by atoms with Crippen LogP contribution in [0.15, 0.2) is 75.1 Å². The van der Waals surface area contributed by atoms with Crippen molar-refractivity contribution in [2.24, 2.45) is 0 Å². The quantitative estimate of drug-likeness (QED) is 0.413. The van der Waals surface area contributed by atoms with Gasteiger partial charge in [0.25, 0.3) is 10.0 Å². The summed E-state index contributed by atoms with van der Waals surface area (Å²) in [6.45, 7) is 0. The van der Waals surface area contributed by atoms with Crippen molar-refractivity contribution in [1.82, 2.24) is 0 Å². The zero-order chi connectivity index (χ0) is 20.0. The number of hydrogen-bond donors (Lipinski definition) is 1. The van der Waals surface area contributed by atoms with Crippen LogP contribution in [0.3, 0.4) is 0 Å². The van der Waals surface area contributed by atoms with Gasteiger partial charge >= 0.3 is 5.97 Å². The predicted octanol–water partition coefficient (Wildman–Crippen LogP) is 4.67. The number of carbonyl (C=O) groups excluding carboxylic acids is 1. The van der Waals surface area contributed by atoms with Gasteiger partial charge in [0, 0.05) is 10.6 Å². The van der Waals surface area contributed by atoms with Gasteiger partial charge in [0.2, 0.25) is 0 Å². The molecule has 0 aliphatic rings. The Labute approximate surface area is 172 Å². The molecule has 1 aromatic heterocycles. The van der Waals surface area contributed by atoms with Crippen LogP contribution < -0.4 is 4.72 Å². The van der Waals surface area contributed by atoms with Crippen LogP contribution in [0.25, 0.3) is 0 Å². The number of hydrogen-bond acceptors (Lipinski definition) is 6. The van der Waals surface area contributed by atoms with Crippen LogP contribution in [0.1, 0.15) is 15.9 Å². The summed E-state index contributed by atoms with van der Waals surface area (Å²) in [5, 5.41) is 1.68. The Kier molecular flexibility index (Phi) is 6.77. The third-order valence-electron chi connectivity index (χ3n) is 3.90. The third kappa shape index (κ3) is 5.15. The molecule has 0 bridgehead atoms. The summed E-state index contributed by atoms with van der Waals surface area (Å²) in [7, 11) is -2.47. The summed E-state index contributed by atoms with van der Waals surface area (Å²) in [6, 6.07) is 18.4. The van der Waals surface area contributed by atoms with Gasteiger partial charge in [-0.2, -0.15) is 0 Å². The fourth-order valence-electron chi connectivity index (χ4n) is 2.52. The number of methoxy groups -OCH3 is 1. The van der Waals surface area contributed by atoms with Gasteiger partial charge in [0.1, 0.15) is 4.21 Å². The number of carbonyl (C=O) groups is 1. The van der Waals surface area contributed by atoms with E-state index in [1.54, 1.807) is 41.4 Å². The average Bonchev–Trinajstić information content (AvgIpc) is 3.25. The molecule has 2 aromatic carbocycles. The van der Waals surface area contributed by atoms with Crippen LogP contribution in [0, 0.1) is 0 Å². The lowest BCUT2D eigenvalue weighted by Crippen LogP contribution is -2.15. The molecule has 0 aliphatic carbocycles. The van der Waals surface area contributed by atoms with E-state index in [2.05, 4.69) is 16.9 Å². The normalized spacial score (nSPS) is 11.2. The molecule has 0 amide bonds. The van der Waals surface area contributed by atoms with Gasteiger partial charge < -0.3 is 4.74 Å². The van der Waals surface area contributed by atoms with Crippen molar-refractivity contribution < 1.29 is 17.9 Å². The van der Waals surface area contributed by atoms with E-state index < -0.39 is 16.0 Å². The van der Waals surface area contributed by atoms with Crippen LogP contribution in [-0.4, -0.2) is 27.2 Å². The molecule has 1 N–H and O–H groups in total. The maximum absolute atomic E-state index is 12.5. The molecule has 8 heteroatoms. The Hall–Kier alpha value is -2.29. The molecule has 3 aromatic rings. The monoisotopic (exact) mass is 433 g/mol. The van der Waals surface area contributed by atoms with Gasteiger partial charge in [-0.05, 0) is 41.6 Å². The van der Waals surface area contributed by atoms with Crippen LogP contribution in [-0.2, 0) is 21.2 Å². The van der Waals surface area contributed by atoms with E-state index in [1.807, 2.05) is 18.2 Å². The highest BCUT2D eigenvalue weighted by Gasteiger charge is 2.20. The Morgan fingerprint density at radius 2 is 1.89 bits per heavy atom.